The van der Waals surface area contributed by atoms with E-state index in [0.29, 0.717) is 5.52 Å². The molecule has 0 aliphatic carbocycles. The van der Waals surface area contributed by atoms with Crippen LogP contribution >= 0.6 is 11.8 Å². The third kappa shape index (κ3) is 1.84. The summed E-state index contributed by atoms with van der Waals surface area (Å²) >= 11 is 1.36. The number of methoxy groups -OCH3 is 2. The van der Waals surface area contributed by atoms with E-state index in [1.54, 1.807) is 16.5 Å². The molecule has 0 fully saturated rings. The largest absolute Gasteiger partial charge is 0.465 e. The number of rotatable bonds is 2. The molecule has 0 N–H and O–H groups in total. The summed E-state index contributed by atoms with van der Waals surface area (Å²) in [7, 11) is 2.44. The van der Waals surface area contributed by atoms with Crippen molar-refractivity contribution in [2.45, 2.75) is 5.03 Å². The second kappa shape index (κ2) is 4.92. The van der Waals surface area contributed by atoms with Crippen molar-refractivity contribution in [3.63, 3.8) is 0 Å². The number of ketones is 1. The molecule has 1 aliphatic heterocycles. The molecular weight excluding hydrogens is 294 g/mol. The van der Waals surface area contributed by atoms with E-state index in [0.717, 1.165) is 5.03 Å². The van der Waals surface area contributed by atoms with Crippen molar-refractivity contribution in [1.82, 2.24) is 4.40 Å². The van der Waals surface area contributed by atoms with Crippen LogP contribution in [0.1, 0.15) is 31.2 Å². The van der Waals surface area contributed by atoms with E-state index in [9.17, 15) is 14.4 Å². The van der Waals surface area contributed by atoms with Crippen LogP contribution in [0.3, 0.4) is 0 Å². The van der Waals surface area contributed by atoms with Crippen LogP contribution in [0.2, 0.25) is 0 Å². The molecule has 3 rings (SSSR count). The van der Waals surface area contributed by atoms with Crippen molar-refractivity contribution < 1.29 is 23.9 Å². The first kappa shape index (κ1) is 13.7. The highest BCUT2D eigenvalue weighted by molar-refractivity contribution is 8.00. The molecule has 6 nitrogen and oxygen atoms in total. The third-order valence-electron chi connectivity index (χ3n) is 3.32. The number of Topliss-reactive ketones (excluding diaryl/α,β-unsaturated/α-hetero) is 1. The van der Waals surface area contributed by atoms with E-state index in [1.165, 1.54) is 26.0 Å². The average Bonchev–Trinajstić information content (AvgIpc) is 2.86. The maximum atomic E-state index is 12.2. The predicted octanol–water partition coefficient (Wildman–Crippen LogP) is 1.80. The van der Waals surface area contributed by atoms with E-state index in [1.807, 2.05) is 6.07 Å². The molecule has 7 heteroatoms. The number of carbonyl (C=O) groups excluding carboxylic acids is 3. The van der Waals surface area contributed by atoms with Gasteiger partial charge in [-0.1, -0.05) is 17.8 Å². The Morgan fingerprint density at radius 1 is 1.14 bits per heavy atom. The monoisotopic (exact) mass is 305 g/mol. The van der Waals surface area contributed by atoms with E-state index in [2.05, 4.69) is 0 Å². The molecule has 0 bridgehead atoms. The molecule has 0 radical (unpaired) electrons. The van der Waals surface area contributed by atoms with Gasteiger partial charge in [0.05, 0.1) is 30.5 Å². The molecular formula is C14H11NO5S. The smallest absolute Gasteiger partial charge is 0.341 e. The molecule has 21 heavy (non-hydrogen) atoms. The highest BCUT2D eigenvalue weighted by Gasteiger charge is 2.35. The summed E-state index contributed by atoms with van der Waals surface area (Å²) in [6, 6.07) is 5.27. The van der Waals surface area contributed by atoms with Gasteiger partial charge in [-0.25, -0.2) is 9.59 Å². The van der Waals surface area contributed by atoms with Crippen molar-refractivity contribution in [1.29, 1.82) is 0 Å². The lowest BCUT2D eigenvalue weighted by molar-refractivity contribution is 0.0556. The predicted molar refractivity (Wildman–Crippen MR) is 75.1 cm³/mol. The normalized spacial score (nSPS) is 13.3. The summed E-state index contributed by atoms with van der Waals surface area (Å²) in [6.07, 6.45) is 0. The van der Waals surface area contributed by atoms with Gasteiger partial charge in [-0.3, -0.25) is 9.20 Å². The van der Waals surface area contributed by atoms with Crippen LogP contribution in [-0.4, -0.2) is 42.1 Å². The first-order valence-corrected chi connectivity index (χ1v) is 7.08. The van der Waals surface area contributed by atoms with Gasteiger partial charge in [-0.05, 0) is 12.1 Å². The van der Waals surface area contributed by atoms with Gasteiger partial charge in [0, 0.05) is 0 Å². The Morgan fingerprint density at radius 3 is 2.48 bits per heavy atom. The number of hydrogen-bond donors (Lipinski definition) is 0. The van der Waals surface area contributed by atoms with E-state index in [4.69, 9.17) is 9.47 Å². The highest BCUT2D eigenvalue weighted by atomic mass is 32.2. The molecule has 0 spiro atoms. The van der Waals surface area contributed by atoms with Crippen molar-refractivity contribution in [2.24, 2.45) is 0 Å². The van der Waals surface area contributed by atoms with Crippen LogP contribution in [0.5, 0.6) is 0 Å². The summed E-state index contributed by atoms with van der Waals surface area (Å²) in [4.78, 5) is 36.4. The molecule has 3 heterocycles. The Kier molecular flexibility index (Phi) is 3.21. The van der Waals surface area contributed by atoms with Crippen LogP contribution in [0.4, 0.5) is 0 Å². The van der Waals surface area contributed by atoms with Gasteiger partial charge < -0.3 is 9.47 Å². The SMILES string of the molecule is COC(=O)c1c(C(=O)OC)c2cccc3n2c1C(=O)CS3. The first-order chi connectivity index (χ1) is 10.1. The Bertz CT molecular complexity index is 792. The van der Waals surface area contributed by atoms with Gasteiger partial charge in [-0.2, -0.15) is 0 Å². The van der Waals surface area contributed by atoms with E-state index < -0.39 is 11.9 Å². The standard InChI is InChI=1S/C14H11NO5S/c1-19-13(17)10-7-4-3-5-9-15(7)12(8(16)6-21-9)11(10)14(18)20-2/h3-5H,6H2,1-2H3. The number of nitrogens with zero attached hydrogens (tertiary/aromatic N) is 1. The van der Waals surface area contributed by atoms with Crippen LogP contribution in [0.15, 0.2) is 23.2 Å². The van der Waals surface area contributed by atoms with Crippen LogP contribution < -0.4 is 0 Å². The Labute approximate surface area is 124 Å². The topological polar surface area (TPSA) is 74.1 Å². The molecule has 0 saturated heterocycles. The van der Waals surface area contributed by atoms with Gasteiger partial charge >= 0.3 is 11.9 Å². The molecule has 0 saturated carbocycles. The number of pyridine rings is 1. The fraction of sp³-hybridized carbons (Fsp3) is 0.214. The zero-order chi connectivity index (χ0) is 15.1. The molecule has 2 aromatic heterocycles. The first-order valence-electron chi connectivity index (χ1n) is 6.10. The van der Waals surface area contributed by atoms with Crippen molar-refractivity contribution >= 4 is 35.0 Å². The van der Waals surface area contributed by atoms with Gasteiger partial charge in [0.15, 0.2) is 5.78 Å². The molecule has 1 aliphatic rings. The fourth-order valence-corrected chi connectivity index (χ4v) is 3.38. The fourth-order valence-electron chi connectivity index (χ4n) is 2.47. The van der Waals surface area contributed by atoms with Gasteiger partial charge in [0.2, 0.25) is 0 Å². The lowest BCUT2D eigenvalue weighted by atomic mass is 10.1. The quantitative estimate of drug-likeness (QED) is 0.788. The number of aromatic nitrogens is 1. The minimum atomic E-state index is -0.722. The van der Waals surface area contributed by atoms with E-state index in [-0.39, 0.29) is 28.4 Å². The van der Waals surface area contributed by atoms with Crippen molar-refractivity contribution in [3.8, 4) is 0 Å². The molecule has 108 valence electrons. The molecule has 2 aromatic rings. The molecule has 0 atom stereocenters. The van der Waals surface area contributed by atoms with Crippen LogP contribution in [0, 0.1) is 0 Å². The number of ether oxygens (including phenoxy) is 2. The summed E-state index contributed by atoms with van der Waals surface area (Å²) in [5, 5.41) is 0.794. The minimum Gasteiger partial charge on any atom is -0.465 e. The zero-order valence-corrected chi connectivity index (χ0v) is 12.2. The second-order valence-electron chi connectivity index (χ2n) is 4.38. The van der Waals surface area contributed by atoms with Gasteiger partial charge in [-0.15, -0.1) is 0 Å². The van der Waals surface area contributed by atoms with Crippen molar-refractivity contribution in [3.05, 3.63) is 35.0 Å². The summed E-state index contributed by atoms with van der Waals surface area (Å²) in [5.41, 5.74) is 0.695. The number of esters is 2. The number of carbonyl (C=O) groups is 3. The average molecular weight is 305 g/mol. The van der Waals surface area contributed by atoms with Crippen LogP contribution in [-0.2, 0) is 9.47 Å². The summed E-state index contributed by atoms with van der Waals surface area (Å²) in [6.45, 7) is 0. The number of thioether (sulfide) groups is 1. The van der Waals surface area contributed by atoms with Gasteiger partial charge in [0.1, 0.15) is 16.8 Å². The molecule has 0 aromatic carbocycles. The van der Waals surface area contributed by atoms with E-state index >= 15 is 0 Å². The van der Waals surface area contributed by atoms with Crippen molar-refractivity contribution in [2.75, 3.05) is 20.0 Å². The Morgan fingerprint density at radius 2 is 1.81 bits per heavy atom. The lowest BCUT2D eigenvalue weighted by Gasteiger charge is -2.14. The Hall–Kier alpha value is -2.28. The third-order valence-corrected chi connectivity index (χ3v) is 4.34. The summed E-state index contributed by atoms with van der Waals surface area (Å²) in [5.74, 6) is -1.39. The summed E-state index contributed by atoms with van der Waals surface area (Å²) < 4.78 is 11.1. The highest BCUT2D eigenvalue weighted by Crippen LogP contribution is 2.34. The molecule has 0 unspecified atom stereocenters. The maximum absolute atomic E-state index is 12.2. The van der Waals surface area contributed by atoms with Gasteiger partial charge in [0.25, 0.3) is 0 Å². The zero-order valence-electron chi connectivity index (χ0n) is 11.3. The molecule has 0 amide bonds. The number of hydrogen-bond acceptors (Lipinski definition) is 6. The second-order valence-corrected chi connectivity index (χ2v) is 5.37. The maximum Gasteiger partial charge on any atom is 0.341 e. The van der Waals surface area contributed by atoms with Crippen LogP contribution in [0.25, 0.3) is 5.52 Å². The lowest BCUT2D eigenvalue weighted by Crippen LogP contribution is -2.18. The minimum absolute atomic E-state index is 0.0258. The Balaban J connectivity index is 2.50.